The van der Waals surface area contributed by atoms with Crippen LogP contribution in [0.3, 0.4) is 0 Å². The fourth-order valence-electron chi connectivity index (χ4n) is 1.43. The lowest BCUT2D eigenvalue weighted by molar-refractivity contribution is 0.528. The summed E-state index contributed by atoms with van der Waals surface area (Å²) >= 11 is 0. The molecule has 1 N–H and O–H groups in total. The van der Waals surface area contributed by atoms with Crippen molar-refractivity contribution in [3.8, 4) is 0 Å². The van der Waals surface area contributed by atoms with Crippen LogP contribution < -0.4 is 5.32 Å². The SMILES string of the molecule is CCNC(C)CCc1cncc(F)c1. The number of nitrogens with one attached hydrogen (secondary N) is 1. The second-order valence-corrected chi connectivity index (χ2v) is 3.51. The summed E-state index contributed by atoms with van der Waals surface area (Å²) in [6.07, 6.45) is 4.84. The summed E-state index contributed by atoms with van der Waals surface area (Å²) in [6, 6.07) is 2.02. The molecule has 14 heavy (non-hydrogen) atoms. The predicted molar refractivity (Wildman–Crippen MR) is 55.7 cm³/mol. The fourth-order valence-corrected chi connectivity index (χ4v) is 1.43. The first-order valence-corrected chi connectivity index (χ1v) is 5.05. The number of hydrogen-bond donors (Lipinski definition) is 1. The Balaban J connectivity index is 2.37. The van der Waals surface area contributed by atoms with Crippen molar-refractivity contribution in [3.05, 3.63) is 29.8 Å². The zero-order valence-corrected chi connectivity index (χ0v) is 8.76. The van der Waals surface area contributed by atoms with Crippen LogP contribution in [0.2, 0.25) is 0 Å². The highest BCUT2D eigenvalue weighted by Crippen LogP contribution is 2.05. The highest BCUT2D eigenvalue weighted by molar-refractivity contribution is 5.10. The minimum absolute atomic E-state index is 0.251. The molecule has 0 aliphatic carbocycles. The van der Waals surface area contributed by atoms with E-state index >= 15 is 0 Å². The van der Waals surface area contributed by atoms with Crippen molar-refractivity contribution in [2.75, 3.05) is 6.54 Å². The summed E-state index contributed by atoms with van der Waals surface area (Å²) < 4.78 is 12.8. The summed E-state index contributed by atoms with van der Waals surface area (Å²) in [4.78, 5) is 3.81. The van der Waals surface area contributed by atoms with Crippen molar-refractivity contribution in [1.82, 2.24) is 10.3 Å². The average molecular weight is 196 g/mol. The minimum atomic E-state index is -0.251. The second kappa shape index (κ2) is 5.70. The highest BCUT2D eigenvalue weighted by atomic mass is 19.1. The van der Waals surface area contributed by atoms with Gasteiger partial charge in [0.15, 0.2) is 0 Å². The van der Waals surface area contributed by atoms with E-state index in [1.807, 2.05) is 0 Å². The van der Waals surface area contributed by atoms with E-state index in [4.69, 9.17) is 0 Å². The number of halogens is 1. The largest absolute Gasteiger partial charge is 0.315 e. The molecule has 2 nitrogen and oxygen atoms in total. The van der Waals surface area contributed by atoms with Gasteiger partial charge in [-0.2, -0.15) is 0 Å². The van der Waals surface area contributed by atoms with Crippen LogP contribution in [0.25, 0.3) is 0 Å². The third kappa shape index (κ3) is 3.83. The van der Waals surface area contributed by atoms with Crippen molar-refractivity contribution in [2.45, 2.75) is 32.7 Å². The van der Waals surface area contributed by atoms with E-state index in [2.05, 4.69) is 24.1 Å². The van der Waals surface area contributed by atoms with Gasteiger partial charge in [0.25, 0.3) is 0 Å². The molecule has 0 spiro atoms. The van der Waals surface area contributed by atoms with Crippen LogP contribution >= 0.6 is 0 Å². The maximum Gasteiger partial charge on any atom is 0.141 e. The van der Waals surface area contributed by atoms with Crippen molar-refractivity contribution in [1.29, 1.82) is 0 Å². The van der Waals surface area contributed by atoms with Gasteiger partial charge in [-0.15, -0.1) is 0 Å². The predicted octanol–water partition coefficient (Wildman–Crippen LogP) is 2.15. The smallest absolute Gasteiger partial charge is 0.141 e. The first-order chi connectivity index (χ1) is 6.72. The molecule has 0 bridgehead atoms. The molecule has 0 saturated heterocycles. The third-order valence-corrected chi connectivity index (χ3v) is 2.18. The van der Waals surface area contributed by atoms with Crippen molar-refractivity contribution in [2.24, 2.45) is 0 Å². The van der Waals surface area contributed by atoms with E-state index in [0.717, 1.165) is 24.9 Å². The molecule has 0 aliphatic rings. The number of rotatable bonds is 5. The summed E-state index contributed by atoms with van der Waals surface area (Å²) in [5.41, 5.74) is 0.967. The van der Waals surface area contributed by atoms with Crippen LogP contribution in [0.15, 0.2) is 18.5 Å². The van der Waals surface area contributed by atoms with Crippen LogP contribution in [0.4, 0.5) is 4.39 Å². The van der Waals surface area contributed by atoms with Gasteiger partial charge in [-0.25, -0.2) is 4.39 Å². The molecule has 0 fully saturated rings. The van der Waals surface area contributed by atoms with Gasteiger partial charge in [0.2, 0.25) is 0 Å². The lowest BCUT2D eigenvalue weighted by Gasteiger charge is -2.11. The molecule has 1 aromatic rings. The van der Waals surface area contributed by atoms with Gasteiger partial charge in [-0.05, 0) is 37.9 Å². The molecule has 0 aromatic carbocycles. The Bertz CT molecular complexity index is 276. The normalized spacial score (nSPS) is 12.8. The second-order valence-electron chi connectivity index (χ2n) is 3.51. The van der Waals surface area contributed by atoms with Crippen LogP contribution in [-0.4, -0.2) is 17.6 Å². The molecule has 1 aromatic heterocycles. The first-order valence-electron chi connectivity index (χ1n) is 5.05. The Morgan fingerprint density at radius 2 is 2.29 bits per heavy atom. The van der Waals surface area contributed by atoms with Gasteiger partial charge in [0, 0.05) is 12.2 Å². The summed E-state index contributed by atoms with van der Waals surface area (Å²) in [7, 11) is 0. The molecule has 1 atom stereocenters. The van der Waals surface area contributed by atoms with E-state index in [9.17, 15) is 4.39 Å². The van der Waals surface area contributed by atoms with Gasteiger partial charge in [-0.1, -0.05) is 6.92 Å². The van der Waals surface area contributed by atoms with E-state index in [0.29, 0.717) is 6.04 Å². The summed E-state index contributed by atoms with van der Waals surface area (Å²) in [5, 5.41) is 3.32. The molecule has 78 valence electrons. The number of pyridine rings is 1. The Labute approximate surface area is 84.6 Å². The Hall–Kier alpha value is -0.960. The Kier molecular flexibility index (Phi) is 4.53. The fraction of sp³-hybridized carbons (Fsp3) is 0.545. The Morgan fingerprint density at radius 1 is 1.50 bits per heavy atom. The molecule has 1 unspecified atom stereocenters. The molecule has 1 heterocycles. The molecule has 3 heteroatoms. The average Bonchev–Trinajstić information content (AvgIpc) is 2.15. The van der Waals surface area contributed by atoms with Gasteiger partial charge in [0.05, 0.1) is 6.20 Å². The van der Waals surface area contributed by atoms with Gasteiger partial charge < -0.3 is 5.32 Å². The molecular weight excluding hydrogens is 179 g/mol. The lowest BCUT2D eigenvalue weighted by Crippen LogP contribution is -2.25. The molecule has 0 aliphatic heterocycles. The van der Waals surface area contributed by atoms with Gasteiger partial charge in [0.1, 0.15) is 5.82 Å². The number of aryl methyl sites for hydroxylation is 1. The summed E-state index contributed by atoms with van der Waals surface area (Å²) in [5.74, 6) is -0.251. The number of hydrogen-bond acceptors (Lipinski definition) is 2. The topological polar surface area (TPSA) is 24.9 Å². The monoisotopic (exact) mass is 196 g/mol. The van der Waals surface area contributed by atoms with Crippen molar-refractivity contribution >= 4 is 0 Å². The van der Waals surface area contributed by atoms with Crippen molar-refractivity contribution < 1.29 is 4.39 Å². The molecule has 0 amide bonds. The third-order valence-electron chi connectivity index (χ3n) is 2.18. The zero-order valence-electron chi connectivity index (χ0n) is 8.76. The van der Waals surface area contributed by atoms with Crippen LogP contribution in [0, 0.1) is 5.82 Å². The van der Waals surface area contributed by atoms with E-state index < -0.39 is 0 Å². The summed E-state index contributed by atoms with van der Waals surface area (Å²) in [6.45, 7) is 5.19. The van der Waals surface area contributed by atoms with Crippen LogP contribution in [0.1, 0.15) is 25.8 Å². The molecular formula is C11H17FN2. The standard InChI is InChI=1S/C11H17FN2/c1-3-14-9(2)4-5-10-6-11(12)8-13-7-10/h6-9,14H,3-5H2,1-2H3. The van der Waals surface area contributed by atoms with Crippen molar-refractivity contribution in [3.63, 3.8) is 0 Å². The lowest BCUT2D eigenvalue weighted by atomic mass is 10.1. The van der Waals surface area contributed by atoms with Gasteiger partial charge in [-0.3, -0.25) is 4.98 Å². The molecule has 1 rings (SSSR count). The quantitative estimate of drug-likeness (QED) is 0.780. The van der Waals surface area contributed by atoms with E-state index in [1.165, 1.54) is 6.20 Å². The van der Waals surface area contributed by atoms with Crippen LogP contribution in [-0.2, 0) is 6.42 Å². The van der Waals surface area contributed by atoms with Gasteiger partial charge >= 0.3 is 0 Å². The van der Waals surface area contributed by atoms with E-state index in [1.54, 1.807) is 12.3 Å². The highest BCUT2D eigenvalue weighted by Gasteiger charge is 2.01. The first kappa shape index (κ1) is 11.1. The Morgan fingerprint density at radius 3 is 2.93 bits per heavy atom. The molecule has 0 radical (unpaired) electrons. The zero-order chi connectivity index (χ0) is 10.4. The maximum absolute atomic E-state index is 12.8. The van der Waals surface area contributed by atoms with E-state index in [-0.39, 0.29) is 5.82 Å². The van der Waals surface area contributed by atoms with Crippen LogP contribution in [0.5, 0.6) is 0 Å². The number of nitrogens with zero attached hydrogens (tertiary/aromatic N) is 1. The number of aromatic nitrogens is 1. The maximum atomic E-state index is 12.8. The molecule has 0 saturated carbocycles. The minimum Gasteiger partial charge on any atom is -0.315 e.